The van der Waals surface area contributed by atoms with Crippen molar-refractivity contribution >= 4 is 46.4 Å². The fraction of sp³-hybridized carbons (Fsp3) is 0.558. The normalized spacial score (nSPS) is 20.5. The molecule has 3 aliphatic heterocycles. The number of likely N-dealkylation sites (tertiary alicyclic amines) is 1. The van der Waals surface area contributed by atoms with Crippen molar-refractivity contribution in [2.75, 3.05) is 63.8 Å². The number of fused-ring (bicyclic) bond motifs is 1. The molecule has 2 aromatic heterocycles. The van der Waals surface area contributed by atoms with Gasteiger partial charge in [-0.2, -0.15) is 0 Å². The average Bonchev–Trinajstić information content (AvgIpc) is 3.68. The Balaban J connectivity index is 0.969. The van der Waals surface area contributed by atoms with Gasteiger partial charge in [0.15, 0.2) is 0 Å². The Morgan fingerprint density at radius 1 is 1.07 bits per heavy atom. The SMILES string of the molecule is C=C(C(=O)N1CCC(CN2CCN(CCC(NC(=O)C3(N)CCN(c4ncnc5[nH]ccc45)CC3)c3ccc(Cl)cc3)C(C)C2)CC1)/C(=C\C)NC(=O)OC(C)(C)C. The van der Waals surface area contributed by atoms with Gasteiger partial charge in [-0.15, -0.1) is 0 Å². The van der Waals surface area contributed by atoms with Crippen molar-refractivity contribution in [2.24, 2.45) is 11.7 Å². The number of carbonyl (C=O) groups is 3. The fourth-order valence-electron chi connectivity index (χ4n) is 8.36. The van der Waals surface area contributed by atoms with Gasteiger partial charge in [-0.05, 0) is 96.4 Å². The molecular formula is C43H61ClN10O4. The standard InChI is InChI=1S/C43H61ClN10O4/c1-7-35(50-41(57)58-42(4,5)6)30(3)39(55)54-19-13-31(14-20-54)27-51-24-25-52(29(2)26-51)21-15-36(32-8-10-33(44)11-9-32)49-40(56)43(45)16-22-53(23-17-43)38-34-12-18-46-37(34)47-28-48-38/h7-12,18,28-29,31,36H,3,13-17,19-27,45H2,1-2,4-6H3,(H,49,56)(H,50,57)(H,46,47,48)/b35-7+. The summed E-state index contributed by atoms with van der Waals surface area (Å²) < 4.78 is 5.36. The topological polar surface area (TPSA) is 165 Å². The number of benzene rings is 1. The Hall–Kier alpha value is -4.50. The molecule has 1 aromatic carbocycles. The molecule has 14 nitrogen and oxygen atoms in total. The van der Waals surface area contributed by atoms with Gasteiger partial charge in [0.05, 0.1) is 28.2 Å². The summed E-state index contributed by atoms with van der Waals surface area (Å²) in [6.45, 7) is 20.6. The van der Waals surface area contributed by atoms with Crippen molar-refractivity contribution in [3.05, 3.63) is 77.4 Å². The Labute approximate surface area is 347 Å². The van der Waals surface area contributed by atoms with E-state index >= 15 is 0 Å². The molecule has 0 saturated carbocycles. The van der Waals surface area contributed by atoms with Crippen LogP contribution in [-0.2, 0) is 14.3 Å². The molecule has 3 amide bonds. The number of amides is 3. The third-order valence-corrected chi connectivity index (χ3v) is 12.0. The molecule has 0 spiro atoms. The Kier molecular flexibility index (Phi) is 13.8. The van der Waals surface area contributed by atoms with Crippen LogP contribution in [0.3, 0.4) is 0 Å². The van der Waals surface area contributed by atoms with Gasteiger partial charge >= 0.3 is 6.09 Å². The van der Waals surface area contributed by atoms with Crippen LogP contribution in [0.5, 0.6) is 0 Å². The van der Waals surface area contributed by atoms with Crippen molar-refractivity contribution in [1.82, 2.24) is 40.3 Å². The Bertz CT molecular complexity index is 1940. The Morgan fingerprint density at radius 3 is 2.43 bits per heavy atom. The van der Waals surface area contributed by atoms with Crippen LogP contribution < -0.4 is 21.3 Å². The molecule has 6 rings (SSSR count). The minimum Gasteiger partial charge on any atom is -0.444 e. The number of alkyl carbamates (subject to hydrolysis) is 1. The summed E-state index contributed by atoms with van der Waals surface area (Å²) in [6.07, 6.45) is 8.08. The highest BCUT2D eigenvalue weighted by Crippen LogP contribution is 2.30. The lowest BCUT2D eigenvalue weighted by Gasteiger charge is -2.43. The molecule has 3 saturated heterocycles. The smallest absolute Gasteiger partial charge is 0.412 e. The van der Waals surface area contributed by atoms with Crippen molar-refractivity contribution in [3.63, 3.8) is 0 Å². The first-order chi connectivity index (χ1) is 27.6. The zero-order valence-electron chi connectivity index (χ0n) is 34.7. The highest BCUT2D eigenvalue weighted by Gasteiger charge is 2.40. The number of aromatic nitrogens is 3. The molecule has 3 aliphatic rings. The van der Waals surface area contributed by atoms with E-state index in [1.165, 1.54) is 0 Å². The summed E-state index contributed by atoms with van der Waals surface area (Å²) in [5.74, 6) is 1.06. The highest BCUT2D eigenvalue weighted by atomic mass is 35.5. The van der Waals surface area contributed by atoms with Crippen molar-refractivity contribution in [1.29, 1.82) is 0 Å². The second kappa shape index (κ2) is 18.6. The van der Waals surface area contributed by atoms with E-state index in [1.807, 2.05) is 41.4 Å². The number of rotatable bonds is 12. The molecule has 58 heavy (non-hydrogen) atoms. The van der Waals surface area contributed by atoms with E-state index in [2.05, 4.69) is 53.8 Å². The highest BCUT2D eigenvalue weighted by molar-refractivity contribution is 6.30. The molecule has 314 valence electrons. The lowest BCUT2D eigenvalue weighted by atomic mass is 9.86. The van der Waals surface area contributed by atoms with Crippen LogP contribution in [0, 0.1) is 5.92 Å². The van der Waals surface area contributed by atoms with Crippen LogP contribution in [0.25, 0.3) is 11.0 Å². The molecule has 0 aliphatic carbocycles. The van der Waals surface area contributed by atoms with Crippen molar-refractivity contribution in [3.8, 4) is 0 Å². The largest absolute Gasteiger partial charge is 0.444 e. The van der Waals surface area contributed by atoms with Gasteiger partial charge in [0, 0.05) is 76.2 Å². The van der Waals surface area contributed by atoms with Gasteiger partial charge in [-0.3, -0.25) is 19.8 Å². The molecule has 5 N–H and O–H groups in total. The van der Waals surface area contributed by atoms with E-state index in [0.29, 0.717) is 61.7 Å². The summed E-state index contributed by atoms with van der Waals surface area (Å²) in [7, 11) is 0. The van der Waals surface area contributed by atoms with Crippen molar-refractivity contribution in [2.45, 2.75) is 89.9 Å². The number of nitrogens with zero attached hydrogens (tertiary/aromatic N) is 6. The summed E-state index contributed by atoms with van der Waals surface area (Å²) in [5, 5.41) is 7.64. The number of nitrogens with one attached hydrogen (secondary N) is 3. The number of hydrogen-bond donors (Lipinski definition) is 4. The van der Waals surface area contributed by atoms with Crippen molar-refractivity contribution < 1.29 is 19.1 Å². The first-order valence-corrected chi connectivity index (χ1v) is 21.0. The quantitative estimate of drug-likeness (QED) is 0.138. The molecule has 2 unspecified atom stereocenters. The second-order valence-electron chi connectivity index (χ2n) is 17.1. The zero-order valence-corrected chi connectivity index (χ0v) is 35.5. The maximum absolute atomic E-state index is 14.0. The van der Waals surface area contributed by atoms with Crippen LogP contribution in [-0.4, -0.2) is 124 Å². The van der Waals surface area contributed by atoms with Crippen LogP contribution in [0.1, 0.15) is 78.3 Å². The number of anilines is 1. The predicted molar refractivity (Wildman–Crippen MR) is 228 cm³/mol. The number of carbonyl (C=O) groups excluding carboxylic acids is 3. The van der Waals surface area contributed by atoms with Gasteiger partial charge in [-0.25, -0.2) is 14.8 Å². The molecular weight excluding hydrogens is 756 g/mol. The van der Waals surface area contributed by atoms with E-state index in [-0.39, 0.29) is 23.4 Å². The first-order valence-electron chi connectivity index (χ1n) is 20.6. The number of hydrogen-bond acceptors (Lipinski definition) is 10. The molecule has 3 aromatic rings. The van der Waals surface area contributed by atoms with Crippen LogP contribution in [0.2, 0.25) is 5.02 Å². The van der Waals surface area contributed by atoms with Gasteiger partial charge in [0.25, 0.3) is 5.91 Å². The molecule has 5 heterocycles. The van der Waals surface area contributed by atoms with E-state index < -0.39 is 17.2 Å². The maximum atomic E-state index is 14.0. The number of nitrogens with two attached hydrogens (primary N) is 1. The van der Waals surface area contributed by atoms with E-state index in [0.717, 1.165) is 74.4 Å². The fourth-order valence-corrected chi connectivity index (χ4v) is 8.49. The van der Waals surface area contributed by atoms with E-state index in [4.69, 9.17) is 22.1 Å². The summed E-state index contributed by atoms with van der Waals surface area (Å²) in [4.78, 5) is 60.7. The predicted octanol–water partition coefficient (Wildman–Crippen LogP) is 5.39. The minimum atomic E-state index is -0.990. The number of ether oxygens (including phenoxy) is 1. The second-order valence-corrected chi connectivity index (χ2v) is 17.6. The number of allylic oxidation sites excluding steroid dienone is 1. The van der Waals surface area contributed by atoms with Crippen LogP contribution in [0.15, 0.2) is 66.8 Å². The monoisotopic (exact) mass is 816 g/mol. The average molecular weight is 817 g/mol. The first kappa shape index (κ1) is 43.1. The van der Waals surface area contributed by atoms with E-state index in [1.54, 1.807) is 40.1 Å². The van der Waals surface area contributed by atoms with Crippen LogP contribution in [0.4, 0.5) is 10.6 Å². The molecule has 3 fully saturated rings. The maximum Gasteiger partial charge on any atom is 0.412 e. The summed E-state index contributed by atoms with van der Waals surface area (Å²) in [5.41, 5.74) is 7.66. The number of halogens is 1. The third kappa shape index (κ3) is 10.8. The summed E-state index contributed by atoms with van der Waals surface area (Å²) in [6, 6.07) is 9.84. The lowest BCUT2D eigenvalue weighted by molar-refractivity contribution is -0.128. The van der Waals surface area contributed by atoms with Gasteiger partial charge in [-0.1, -0.05) is 36.4 Å². The minimum absolute atomic E-state index is 0.128. The summed E-state index contributed by atoms with van der Waals surface area (Å²) >= 11 is 6.27. The zero-order chi connectivity index (χ0) is 41.6. The van der Waals surface area contributed by atoms with Gasteiger partial charge < -0.3 is 35.5 Å². The Morgan fingerprint density at radius 2 is 1.78 bits per heavy atom. The van der Waals surface area contributed by atoms with Gasteiger partial charge in [0.2, 0.25) is 5.91 Å². The number of H-pyrrole nitrogens is 1. The molecule has 15 heteroatoms. The number of piperazine rings is 1. The van der Waals surface area contributed by atoms with E-state index in [9.17, 15) is 14.4 Å². The molecule has 0 radical (unpaired) electrons. The van der Waals surface area contributed by atoms with Crippen LogP contribution >= 0.6 is 11.6 Å². The number of aromatic amines is 1. The molecule has 2 atom stereocenters. The number of piperidine rings is 2. The van der Waals surface area contributed by atoms with Gasteiger partial charge in [0.1, 0.15) is 23.4 Å². The third-order valence-electron chi connectivity index (χ3n) is 11.8. The molecule has 0 bridgehead atoms. The lowest BCUT2D eigenvalue weighted by Crippen LogP contribution is -2.60.